The third-order valence-corrected chi connectivity index (χ3v) is 12.5. The van der Waals surface area contributed by atoms with E-state index >= 15 is 0 Å². The van der Waals surface area contributed by atoms with Gasteiger partial charge < -0.3 is 14.2 Å². The van der Waals surface area contributed by atoms with Gasteiger partial charge in [-0.2, -0.15) is 0 Å². The fraction of sp³-hybridized carbons (Fsp3) is 0. The molecule has 0 radical (unpaired) electrons. The van der Waals surface area contributed by atoms with Crippen molar-refractivity contribution in [3.05, 3.63) is 170 Å². The monoisotopic (exact) mass is 706 g/mol. The topological polar surface area (TPSA) is 27.7 Å². The second kappa shape index (κ2) is 11.6. The normalized spacial score (nSPS) is 13.5. The minimum absolute atomic E-state index is 0.0270. The SMILES string of the molecule is c1ccc(-c2cc3c4c(c2)Sc2ccccc2B4c2cc4c(cc2O3)Oc2cc(-c3ccccc3-c3ccccc3)cc3c2B4c2ccccc2O3)cc1. The van der Waals surface area contributed by atoms with Gasteiger partial charge in [-0.05, 0) is 91.6 Å². The zero-order valence-corrected chi connectivity index (χ0v) is 29.8. The van der Waals surface area contributed by atoms with Crippen LogP contribution in [0.5, 0.6) is 34.5 Å². The maximum Gasteiger partial charge on any atom is 0.260 e. The molecule has 0 spiro atoms. The van der Waals surface area contributed by atoms with E-state index in [0.29, 0.717) is 0 Å². The zero-order chi connectivity index (χ0) is 35.3. The van der Waals surface area contributed by atoms with Crippen molar-refractivity contribution in [1.82, 2.24) is 0 Å². The van der Waals surface area contributed by atoms with E-state index < -0.39 is 0 Å². The lowest BCUT2D eigenvalue weighted by atomic mass is 9.32. The first kappa shape index (κ1) is 30.1. The summed E-state index contributed by atoms with van der Waals surface area (Å²) < 4.78 is 20.7. The van der Waals surface area contributed by atoms with Gasteiger partial charge in [-0.15, -0.1) is 0 Å². The fourth-order valence-corrected chi connectivity index (χ4v) is 10.1. The third kappa shape index (κ3) is 4.47. The van der Waals surface area contributed by atoms with Crippen LogP contribution in [-0.2, 0) is 0 Å². The van der Waals surface area contributed by atoms with Crippen LogP contribution in [0.4, 0.5) is 0 Å². The van der Waals surface area contributed by atoms with Crippen LogP contribution in [0.1, 0.15) is 0 Å². The zero-order valence-electron chi connectivity index (χ0n) is 29.0. The third-order valence-electron chi connectivity index (χ3n) is 11.3. The second-order valence-electron chi connectivity index (χ2n) is 14.3. The fourth-order valence-electron chi connectivity index (χ4n) is 8.94. The first-order chi connectivity index (χ1) is 26.7. The van der Waals surface area contributed by atoms with Crippen molar-refractivity contribution >= 4 is 58.0 Å². The molecule has 250 valence electrons. The Labute approximate surface area is 318 Å². The van der Waals surface area contributed by atoms with Crippen LogP contribution >= 0.6 is 11.8 Å². The van der Waals surface area contributed by atoms with Crippen molar-refractivity contribution < 1.29 is 14.2 Å². The Morgan fingerprint density at radius 2 is 0.852 bits per heavy atom. The number of hydrogen-bond donors (Lipinski definition) is 0. The molecule has 3 nitrogen and oxygen atoms in total. The first-order valence-electron chi connectivity index (χ1n) is 18.4. The molecule has 4 aliphatic heterocycles. The number of benzene rings is 8. The van der Waals surface area contributed by atoms with Gasteiger partial charge in [0.05, 0.1) is 0 Å². The predicted molar refractivity (Wildman–Crippen MR) is 222 cm³/mol. The van der Waals surface area contributed by atoms with E-state index in [1.54, 1.807) is 0 Å². The molecule has 0 amide bonds. The van der Waals surface area contributed by atoms with Crippen LogP contribution in [0.3, 0.4) is 0 Å². The van der Waals surface area contributed by atoms with Crippen LogP contribution in [0.2, 0.25) is 0 Å². The van der Waals surface area contributed by atoms with Gasteiger partial charge in [0, 0.05) is 21.3 Å². The lowest BCUT2D eigenvalue weighted by Crippen LogP contribution is -2.61. The van der Waals surface area contributed by atoms with Gasteiger partial charge >= 0.3 is 0 Å². The number of hydrogen-bond acceptors (Lipinski definition) is 4. The minimum atomic E-state index is -0.0676. The van der Waals surface area contributed by atoms with Gasteiger partial charge in [0.15, 0.2) is 0 Å². The van der Waals surface area contributed by atoms with E-state index in [1.165, 1.54) is 31.8 Å². The lowest BCUT2D eigenvalue weighted by Gasteiger charge is -2.37. The predicted octanol–water partition coefficient (Wildman–Crippen LogP) is 8.50. The van der Waals surface area contributed by atoms with Crippen molar-refractivity contribution in [3.63, 3.8) is 0 Å². The molecule has 0 aliphatic carbocycles. The molecule has 0 N–H and O–H groups in total. The first-order valence-corrected chi connectivity index (χ1v) is 19.2. The number of ether oxygens (including phenoxy) is 3. The Hall–Kier alpha value is -6.36. The van der Waals surface area contributed by atoms with Crippen LogP contribution in [-0.4, -0.2) is 13.4 Å². The molecule has 0 aromatic heterocycles. The van der Waals surface area contributed by atoms with Crippen LogP contribution < -0.4 is 47.0 Å². The summed E-state index contributed by atoms with van der Waals surface area (Å²) in [5, 5.41) is 0. The van der Waals surface area contributed by atoms with Crippen molar-refractivity contribution in [2.45, 2.75) is 9.79 Å². The van der Waals surface area contributed by atoms with Gasteiger partial charge in [-0.1, -0.05) is 145 Å². The van der Waals surface area contributed by atoms with Gasteiger partial charge in [-0.25, -0.2) is 0 Å². The molecule has 54 heavy (non-hydrogen) atoms. The summed E-state index contributed by atoms with van der Waals surface area (Å²) in [4.78, 5) is 2.52. The Morgan fingerprint density at radius 1 is 0.315 bits per heavy atom. The van der Waals surface area contributed by atoms with E-state index in [1.807, 2.05) is 11.8 Å². The average molecular weight is 706 g/mol. The minimum Gasteiger partial charge on any atom is -0.458 e. The van der Waals surface area contributed by atoms with Crippen LogP contribution in [0.15, 0.2) is 180 Å². The highest BCUT2D eigenvalue weighted by Crippen LogP contribution is 2.44. The smallest absolute Gasteiger partial charge is 0.260 e. The molecule has 12 rings (SSSR count). The summed E-state index contributed by atoms with van der Waals surface area (Å²) in [6.07, 6.45) is 0. The quantitative estimate of drug-likeness (QED) is 0.172. The maximum absolute atomic E-state index is 7.01. The highest BCUT2D eigenvalue weighted by Gasteiger charge is 2.45. The van der Waals surface area contributed by atoms with Crippen molar-refractivity contribution in [2.75, 3.05) is 0 Å². The van der Waals surface area contributed by atoms with Crippen molar-refractivity contribution in [1.29, 1.82) is 0 Å². The standard InChI is InChI=1S/C48H28B2O3S/c1-3-13-29(14-4-1)31-23-44-48-46(26-31)54-45-22-12-10-20-36(45)50(48)38-27-37-40(28-41(38)53-44)52-43-25-32(34-18-8-7-17-33(34)30-15-5-2-6-16-30)24-42-47(43)49(37)35-19-9-11-21-39(35)51-42/h1-28H. The molecule has 0 saturated heterocycles. The largest absolute Gasteiger partial charge is 0.458 e. The maximum atomic E-state index is 7.01. The Kier molecular flexibility index (Phi) is 6.46. The summed E-state index contributed by atoms with van der Waals surface area (Å²) in [6, 6.07) is 60.4. The summed E-state index contributed by atoms with van der Waals surface area (Å²) in [7, 11) is 0. The molecule has 0 unspecified atom stereocenters. The van der Waals surface area contributed by atoms with Gasteiger partial charge in [0.25, 0.3) is 13.4 Å². The van der Waals surface area contributed by atoms with Crippen molar-refractivity contribution in [3.8, 4) is 67.9 Å². The van der Waals surface area contributed by atoms with Gasteiger partial charge in [0.1, 0.15) is 34.5 Å². The molecular formula is C48H28B2O3S. The van der Waals surface area contributed by atoms with E-state index in [-0.39, 0.29) is 13.4 Å². The summed E-state index contributed by atoms with van der Waals surface area (Å²) in [6.45, 7) is -0.0407. The highest BCUT2D eigenvalue weighted by atomic mass is 32.2. The average Bonchev–Trinajstić information content (AvgIpc) is 3.23. The van der Waals surface area contributed by atoms with Crippen molar-refractivity contribution in [2.24, 2.45) is 0 Å². The molecule has 8 aromatic carbocycles. The molecule has 8 aromatic rings. The van der Waals surface area contributed by atoms with Gasteiger partial charge in [-0.3, -0.25) is 0 Å². The summed E-state index contributed by atoms with van der Waals surface area (Å²) >= 11 is 1.84. The van der Waals surface area contributed by atoms with Crippen LogP contribution in [0.25, 0.3) is 33.4 Å². The second-order valence-corrected chi connectivity index (χ2v) is 15.4. The Morgan fingerprint density at radius 3 is 1.59 bits per heavy atom. The van der Waals surface area contributed by atoms with E-state index in [2.05, 4.69) is 170 Å². The van der Waals surface area contributed by atoms with E-state index in [4.69, 9.17) is 14.2 Å². The molecule has 4 heterocycles. The van der Waals surface area contributed by atoms with E-state index in [9.17, 15) is 0 Å². The molecule has 0 atom stereocenters. The Bertz CT molecular complexity index is 2860. The highest BCUT2D eigenvalue weighted by molar-refractivity contribution is 8.00. The molecule has 6 heteroatoms. The summed E-state index contributed by atoms with van der Waals surface area (Å²) in [5.74, 6) is 5.05. The summed E-state index contributed by atoms with van der Waals surface area (Å²) in [5.41, 5.74) is 13.8. The molecule has 4 aliphatic rings. The van der Waals surface area contributed by atoms with Gasteiger partial charge in [0.2, 0.25) is 0 Å². The number of para-hydroxylation sites is 1. The molecular weight excluding hydrogens is 678 g/mol. The van der Waals surface area contributed by atoms with Crippen LogP contribution in [0, 0.1) is 0 Å². The van der Waals surface area contributed by atoms with E-state index in [0.717, 1.165) is 78.6 Å². The molecule has 0 fully saturated rings. The molecule has 0 bridgehead atoms. The lowest BCUT2D eigenvalue weighted by molar-refractivity contribution is 0.456. The number of rotatable bonds is 3. The molecule has 0 saturated carbocycles. The Balaban J connectivity index is 1.06. The number of fused-ring (bicyclic) bond motifs is 8.